The quantitative estimate of drug-likeness (QED) is 0.787. The van der Waals surface area contributed by atoms with Gasteiger partial charge in [-0.05, 0) is 12.1 Å². The predicted molar refractivity (Wildman–Crippen MR) is 53.3 cm³/mol. The van der Waals surface area contributed by atoms with Crippen LogP contribution in [-0.2, 0) is 19.8 Å². The summed E-state index contributed by atoms with van der Waals surface area (Å²) in [5.74, 6) is -2.03. The van der Waals surface area contributed by atoms with Gasteiger partial charge in [0.05, 0.1) is 11.1 Å². The Bertz CT molecular complexity index is 538. The van der Waals surface area contributed by atoms with Gasteiger partial charge in [0.1, 0.15) is 0 Å². The molecule has 1 unspecified atom stereocenters. The van der Waals surface area contributed by atoms with Crippen LogP contribution in [-0.4, -0.2) is 27.4 Å². The summed E-state index contributed by atoms with van der Waals surface area (Å²) in [4.78, 5) is 23.2. The summed E-state index contributed by atoms with van der Waals surface area (Å²) in [6.45, 7) is 0. The molecule has 0 saturated carbocycles. The maximum absolute atomic E-state index is 11.8. The Morgan fingerprint density at radius 2 is 1.53 bits per heavy atom. The minimum Gasteiger partial charge on any atom is -0.266 e. The van der Waals surface area contributed by atoms with Crippen LogP contribution in [0.5, 0.6) is 0 Å². The van der Waals surface area contributed by atoms with Gasteiger partial charge in [-0.1, -0.05) is 12.1 Å². The fourth-order valence-corrected chi connectivity index (χ4v) is 1.83. The zero-order valence-electron chi connectivity index (χ0n) is 8.84. The van der Waals surface area contributed by atoms with Crippen LogP contribution in [0.2, 0.25) is 0 Å². The van der Waals surface area contributed by atoms with E-state index < -0.39 is 29.5 Å². The van der Waals surface area contributed by atoms with E-state index in [0.717, 1.165) is 0 Å². The molecule has 2 amide bonds. The summed E-state index contributed by atoms with van der Waals surface area (Å²) in [6, 6.07) is 5.48. The molecule has 0 radical (unpaired) electrons. The van der Waals surface area contributed by atoms with Crippen LogP contribution in [0.3, 0.4) is 0 Å². The summed E-state index contributed by atoms with van der Waals surface area (Å²) in [7, 11) is 0. The largest absolute Gasteiger partial charge is 0.537 e. The fraction of sp³-hybridized carbons (Fsp3) is 0.111. The maximum Gasteiger partial charge on any atom is 0.537 e. The molecule has 102 valence electrons. The second-order valence-corrected chi connectivity index (χ2v) is 3.98. The predicted octanol–water partition coefficient (Wildman–Crippen LogP) is 1.33. The fourth-order valence-electron chi connectivity index (χ4n) is 1.39. The van der Waals surface area contributed by atoms with Crippen LogP contribution in [0.15, 0.2) is 24.3 Å². The molecule has 0 bridgehead atoms. The Hall–Kier alpha value is -1.78. The summed E-state index contributed by atoms with van der Waals surface area (Å²) < 4.78 is 53.2. The van der Waals surface area contributed by atoms with Crippen LogP contribution in [0.1, 0.15) is 20.7 Å². The van der Waals surface area contributed by atoms with Crippen molar-refractivity contribution in [3.63, 3.8) is 0 Å². The second-order valence-electron chi connectivity index (χ2n) is 3.26. The van der Waals surface area contributed by atoms with E-state index in [-0.39, 0.29) is 16.2 Å². The molecule has 0 saturated heterocycles. The Balaban J connectivity index is 2.15. The van der Waals surface area contributed by atoms with Crippen molar-refractivity contribution in [2.75, 3.05) is 0 Å². The molecule has 19 heavy (non-hydrogen) atoms. The number of nitrogens with zero attached hydrogens (tertiary/aromatic N) is 1. The molecule has 0 aliphatic carbocycles. The average molecular weight is 295 g/mol. The van der Waals surface area contributed by atoms with Crippen LogP contribution in [0.25, 0.3) is 0 Å². The van der Waals surface area contributed by atoms with Gasteiger partial charge in [0.15, 0.2) is 0 Å². The lowest BCUT2D eigenvalue weighted by Gasteiger charge is -2.11. The first-order chi connectivity index (χ1) is 8.79. The van der Waals surface area contributed by atoms with Gasteiger partial charge < -0.3 is 0 Å². The van der Waals surface area contributed by atoms with Crippen molar-refractivity contribution < 1.29 is 35.4 Å². The van der Waals surface area contributed by atoms with Gasteiger partial charge in [-0.2, -0.15) is 8.39 Å². The number of carbonyl (C=O) groups is 2. The molecule has 1 atom stereocenters. The van der Waals surface area contributed by atoms with Crippen molar-refractivity contribution in [2.24, 2.45) is 0 Å². The number of alkyl halides is 3. The number of amides is 2. The van der Waals surface area contributed by atoms with Gasteiger partial charge in [-0.3, -0.25) is 9.59 Å². The topological polar surface area (TPSA) is 72.9 Å². The van der Waals surface area contributed by atoms with Crippen molar-refractivity contribution >= 4 is 23.2 Å². The minimum absolute atomic E-state index is 0.0352. The first-order valence-corrected chi connectivity index (χ1v) is 5.64. The standard InChI is InChI=1S/C9H4F3NO5S/c10-9(11,12)17-19(16)18-13-7(14)5-3-1-2-4-6(5)8(13)15/h1-4H. The minimum atomic E-state index is -5.22. The lowest BCUT2D eigenvalue weighted by molar-refractivity contribution is -0.274. The second kappa shape index (κ2) is 4.72. The molecule has 0 spiro atoms. The molecule has 2 rings (SSSR count). The average Bonchev–Trinajstić information content (AvgIpc) is 2.53. The lowest BCUT2D eigenvalue weighted by Crippen LogP contribution is -2.32. The highest BCUT2D eigenvalue weighted by atomic mass is 32.2. The van der Waals surface area contributed by atoms with Crippen LogP contribution in [0, 0.1) is 0 Å². The van der Waals surface area contributed by atoms with Crippen molar-refractivity contribution in [3.8, 4) is 0 Å². The summed E-state index contributed by atoms with van der Waals surface area (Å²) in [6.07, 6.45) is -5.22. The number of carbonyl (C=O) groups excluding carboxylic acids is 2. The number of fused-ring (bicyclic) bond motifs is 1. The summed E-state index contributed by atoms with van der Waals surface area (Å²) in [5, 5.41) is -0.0352. The van der Waals surface area contributed by atoms with E-state index in [2.05, 4.69) is 8.47 Å². The number of halogens is 3. The van der Waals surface area contributed by atoms with Crippen molar-refractivity contribution in [2.45, 2.75) is 6.36 Å². The van der Waals surface area contributed by atoms with Crippen LogP contribution < -0.4 is 0 Å². The van der Waals surface area contributed by atoms with E-state index in [1.807, 2.05) is 0 Å². The monoisotopic (exact) mass is 295 g/mol. The van der Waals surface area contributed by atoms with Gasteiger partial charge in [-0.25, -0.2) is 0 Å². The molecule has 0 N–H and O–H groups in total. The van der Waals surface area contributed by atoms with Gasteiger partial charge in [-0.15, -0.1) is 22.5 Å². The van der Waals surface area contributed by atoms with Crippen LogP contribution >= 0.6 is 0 Å². The number of benzene rings is 1. The number of rotatable bonds is 3. The molecule has 1 heterocycles. The molecule has 1 aromatic rings. The number of hydroxylamine groups is 2. The SMILES string of the molecule is O=C1c2ccccc2C(=O)N1OS(=O)OC(F)(F)F. The van der Waals surface area contributed by atoms with Gasteiger partial charge >= 0.3 is 17.7 Å². The number of hydrogen-bond donors (Lipinski definition) is 0. The third-order valence-electron chi connectivity index (χ3n) is 2.05. The Kier molecular flexibility index (Phi) is 3.39. The molecule has 10 heteroatoms. The first-order valence-electron chi connectivity index (χ1n) is 4.64. The number of imide groups is 1. The molecule has 0 fully saturated rings. The van der Waals surface area contributed by atoms with Crippen molar-refractivity contribution in [1.82, 2.24) is 5.06 Å². The van der Waals surface area contributed by atoms with E-state index in [1.54, 1.807) is 0 Å². The zero-order valence-corrected chi connectivity index (χ0v) is 9.66. The highest BCUT2D eigenvalue weighted by Gasteiger charge is 2.41. The molecular formula is C9H4F3NO5S. The van der Waals surface area contributed by atoms with Gasteiger partial charge in [0.25, 0.3) is 11.8 Å². The summed E-state index contributed by atoms with van der Waals surface area (Å²) in [5.41, 5.74) is -0.118. The summed E-state index contributed by atoms with van der Waals surface area (Å²) >= 11 is -3.35. The third-order valence-corrected chi connectivity index (χ3v) is 2.65. The highest BCUT2D eigenvalue weighted by Crippen LogP contribution is 2.25. The van der Waals surface area contributed by atoms with Gasteiger partial charge in [0.2, 0.25) is 0 Å². The molecule has 6 nitrogen and oxygen atoms in total. The Morgan fingerprint density at radius 1 is 1.05 bits per heavy atom. The lowest BCUT2D eigenvalue weighted by atomic mass is 10.1. The first kappa shape index (κ1) is 13.6. The van der Waals surface area contributed by atoms with Crippen molar-refractivity contribution in [1.29, 1.82) is 0 Å². The van der Waals surface area contributed by atoms with Gasteiger partial charge in [0, 0.05) is 0 Å². The molecule has 1 aliphatic heterocycles. The normalized spacial score (nSPS) is 16.7. The highest BCUT2D eigenvalue weighted by molar-refractivity contribution is 7.75. The zero-order chi connectivity index (χ0) is 14.2. The molecular weight excluding hydrogens is 291 g/mol. The third kappa shape index (κ3) is 2.80. The number of hydrogen-bond acceptors (Lipinski definition) is 5. The van der Waals surface area contributed by atoms with Crippen molar-refractivity contribution in [3.05, 3.63) is 35.4 Å². The maximum atomic E-state index is 11.8. The van der Waals surface area contributed by atoms with E-state index in [0.29, 0.717) is 0 Å². The Labute approximate surface area is 106 Å². The van der Waals surface area contributed by atoms with E-state index >= 15 is 0 Å². The van der Waals surface area contributed by atoms with Crippen LogP contribution in [0.4, 0.5) is 13.2 Å². The van der Waals surface area contributed by atoms with E-state index in [9.17, 15) is 27.0 Å². The Morgan fingerprint density at radius 3 is 1.95 bits per heavy atom. The van der Waals surface area contributed by atoms with E-state index in [1.165, 1.54) is 24.3 Å². The van der Waals surface area contributed by atoms with E-state index in [4.69, 9.17) is 0 Å². The molecule has 1 aliphatic rings. The smallest absolute Gasteiger partial charge is 0.266 e. The molecule has 1 aromatic carbocycles. The molecule has 0 aromatic heterocycles.